The third kappa shape index (κ3) is 18.1. The normalized spacial score (nSPS) is 28.7. The maximum absolute atomic E-state index is 6.46. The molecule has 0 aromatic carbocycles. The Labute approximate surface area is 377 Å². The second-order valence-corrected chi connectivity index (χ2v) is 20.9. The van der Waals surface area contributed by atoms with Gasteiger partial charge in [-0.25, -0.2) is 0 Å². The molecule has 0 saturated heterocycles. The molecule has 3 fully saturated rings. The van der Waals surface area contributed by atoms with Gasteiger partial charge in [-0.15, -0.1) is 0 Å². The molecule has 1 N–H and O–H groups in total. The maximum atomic E-state index is 6.46. The fraction of sp³-hybridized carbons (Fsp3) is 0.891. The van der Waals surface area contributed by atoms with Crippen LogP contribution in [0.15, 0.2) is 36.0 Å². The standard InChI is InChI=1S/C55H99NO5/c1-8-10-11-12-13-14-15-16-17-18-19-20-21-22-23-24-36-58-44-59-43-49(42-56-9-2)61-40-38-57-37-39-60-48-32-34-54(6)47(41-48)28-29-50-52-31-30-51(46(5)27-25-26-45(3)4)55(52,7)35-33-53(50)54/h13-14,16-17,28,45-46,48-53,56H,8-12,15,18-27,29-44H2,1-7H3/b14-13-,17-16-/t46-,48+,49?,50+,51-,52+,53+,54+,55-/m1/s1. The van der Waals surface area contributed by atoms with Gasteiger partial charge in [0.2, 0.25) is 0 Å². The Morgan fingerprint density at radius 3 is 2.25 bits per heavy atom. The van der Waals surface area contributed by atoms with Gasteiger partial charge < -0.3 is 29.0 Å². The van der Waals surface area contributed by atoms with Crippen molar-refractivity contribution in [3.05, 3.63) is 36.0 Å². The SMILES string of the molecule is CCCCC/C=C\C/C=C\CCCCCCCCOCOCC(CNCC)OCCOCCO[C@H]1CC[C@@]2(C)C(=CC[C@H]3[C@@H]4CC[C@H]([C@H](C)CCCC(C)C)[C@@]4(C)CC[C@@H]32)C1. The van der Waals surface area contributed by atoms with Gasteiger partial charge in [-0.2, -0.15) is 0 Å². The van der Waals surface area contributed by atoms with E-state index in [0.29, 0.717) is 56.8 Å². The molecule has 61 heavy (non-hydrogen) atoms. The van der Waals surface area contributed by atoms with Gasteiger partial charge >= 0.3 is 0 Å². The minimum atomic E-state index is -0.0127. The molecule has 4 aliphatic rings. The summed E-state index contributed by atoms with van der Waals surface area (Å²) in [5, 5.41) is 3.40. The molecule has 6 heteroatoms. The highest BCUT2D eigenvalue weighted by Gasteiger charge is 2.59. The largest absolute Gasteiger partial charge is 0.377 e. The van der Waals surface area contributed by atoms with E-state index in [1.165, 1.54) is 128 Å². The zero-order chi connectivity index (χ0) is 43.6. The molecule has 0 bridgehead atoms. The lowest BCUT2D eigenvalue weighted by Crippen LogP contribution is -2.51. The van der Waals surface area contributed by atoms with Gasteiger partial charge in [0.25, 0.3) is 0 Å². The third-order valence-corrected chi connectivity index (χ3v) is 16.0. The Bertz CT molecular complexity index is 1220. The molecule has 354 valence electrons. The predicted molar refractivity (Wildman–Crippen MR) is 258 cm³/mol. The first-order valence-electron chi connectivity index (χ1n) is 26.4. The Balaban J connectivity index is 0.997. The summed E-state index contributed by atoms with van der Waals surface area (Å²) in [5.74, 6) is 5.33. The molecule has 4 aliphatic carbocycles. The molecule has 6 nitrogen and oxygen atoms in total. The molecule has 0 heterocycles. The van der Waals surface area contributed by atoms with Crippen LogP contribution in [-0.2, 0) is 23.7 Å². The average Bonchev–Trinajstić information content (AvgIpc) is 3.61. The third-order valence-electron chi connectivity index (χ3n) is 16.0. The molecule has 0 spiro atoms. The van der Waals surface area contributed by atoms with Crippen molar-refractivity contribution >= 4 is 0 Å². The van der Waals surface area contributed by atoms with Crippen molar-refractivity contribution in [2.75, 3.05) is 59.5 Å². The summed E-state index contributed by atoms with van der Waals surface area (Å²) in [6.45, 7) is 22.8. The molecule has 0 radical (unpaired) electrons. The lowest BCUT2D eigenvalue weighted by Gasteiger charge is -2.58. The van der Waals surface area contributed by atoms with Gasteiger partial charge in [-0.3, -0.25) is 0 Å². The van der Waals surface area contributed by atoms with Gasteiger partial charge in [0, 0.05) is 13.2 Å². The molecule has 0 aromatic heterocycles. The molecule has 1 unspecified atom stereocenters. The van der Waals surface area contributed by atoms with E-state index < -0.39 is 0 Å². The summed E-state index contributed by atoms with van der Waals surface area (Å²) >= 11 is 0. The highest BCUT2D eigenvalue weighted by molar-refractivity contribution is 5.25. The molecule has 0 amide bonds. The highest BCUT2D eigenvalue weighted by atomic mass is 16.7. The second kappa shape index (κ2) is 30.2. The Morgan fingerprint density at radius 2 is 1.48 bits per heavy atom. The number of hydrogen-bond acceptors (Lipinski definition) is 6. The van der Waals surface area contributed by atoms with Crippen LogP contribution in [0, 0.1) is 46.3 Å². The first-order chi connectivity index (χ1) is 29.7. The summed E-state index contributed by atoms with van der Waals surface area (Å²) in [4.78, 5) is 0. The van der Waals surface area contributed by atoms with Crippen LogP contribution in [0.5, 0.6) is 0 Å². The van der Waals surface area contributed by atoms with E-state index in [2.05, 4.69) is 84.2 Å². The second-order valence-electron chi connectivity index (χ2n) is 20.9. The molecule has 9 atom stereocenters. The van der Waals surface area contributed by atoms with Crippen LogP contribution in [0.1, 0.15) is 196 Å². The first-order valence-corrected chi connectivity index (χ1v) is 26.4. The predicted octanol–water partition coefficient (Wildman–Crippen LogP) is 14.2. The van der Waals surface area contributed by atoms with Crippen LogP contribution in [0.2, 0.25) is 0 Å². The first kappa shape index (κ1) is 52.6. The lowest BCUT2D eigenvalue weighted by molar-refractivity contribution is -0.0990. The zero-order valence-corrected chi connectivity index (χ0v) is 41.2. The van der Waals surface area contributed by atoms with Crippen molar-refractivity contribution in [2.45, 2.75) is 208 Å². The van der Waals surface area contributed by atoms with Crippen LogP contribution in [0.4, 0.5) is 0 Å². The van der Waals surface area contributed by atoms with E-state index in [9.17, 15) is 0 Å². The zero-order valence-electron chi connectivity index (χ0n) is 41.2. The van der Waals surface area contributed by atoms with Crippen molar-refractivity contribution < 1.29 is 23.7 Å². The highest BCUT2D eigenvalue weighted by Crippen LogP contribution is 2.67. The number of unbranched alkanes of at least 4 members (excludes halogenated alkanes) is 9. The minimum Gasteiger partial charge on any atom is -0.377 e. The topological polar surface area (TPSA) is 58.2 Å². The number of ether oxygens (including phenoxy) is 5. The number of allylic oxidation sites excluding steroid dienone is 5. The minimum absolute atomic E-state index is 0.0127. The molecule has 0 aromatic rings. The van der Waals surface area contributed by atoms with Gasteiger partial charge in [0.15, 0.2) is 0 Å². The van der Waals surface area contributed by atoms with Crippen molar-refractivity contribution in [1.82, 2.24) is 5.32 Å². The van der Waals surface area contributed by atoms with Crippen molar-refractivity contribution in [1.29, 1.82) is 0 Å². The van der Waals surface area contributed by atoms with E-state index in [0.717, 1.165) is 74.5 Å². The smallest absolute Gasteiger partial charge is 0.146 e. The van der Waals surface area contributed by atoms with E-state index in [1.807, 2.05) is 0 Å². The van der Waals surface area contributed by atoms with Crippen LogP contribution < -0.4 is 5.32 Å². The maximum Gasteiger partial charge on any atom is 0.146 e. The van der Waals surface area contributed by atoms with Crippen LogP contribution in [0.3, 0.4) is 0 Å². The van der Waals surface area contributed by atoms with E-state index in [-0.39, 0.29) is 6.10 Å². The number of likely N-dealkylation sites (N-methyl/N-ethyl adjacent to an activating group) is 1. The Hall–Kier alpha value is -1.02. The molecule has 4 rings (SSSR count). The van der Waals surface area contributed by atoms with Crippen LogP contribution >= 0.6 is 0 Å². The fourth-order valence-corrected chi connectivity index (χ4v) is 12.4. The molecule has 3 saturated carbocycles. The van der Waals surface area contributed by atoms with E-state index in [1.54, 1.807) is 5.57 Å². The number of hydrogen-bond donors (Lipinski definition) is 1. The van der Waals surface area contributed by atoms with Crippen molar-refractivity contribution in [3.63, 3.8) is 0 Å². The van der Waals surface area contributed by atoms with E-state index >= 15 is 0 Å². The summed E-state index contributed by atoms with van der Waals surface area (Å²) in [5.41, 5.74) is 2.65. The quantitative estimate of drug-likeness (QED) is 0.0389. The summed E-state index contributed by atoms with van der Waals surface area (Å²) in [6.07, 6.45) is 42.4. The number of fused-ring (bicyclic) bond motifs is 5. The molecule has 0 aliphatic heterocycles. The summed E-state index contributed by atoms with van der Waals surface area (Å²) in [7, 11) is 0. The van der Waals surface area contributed by atoms with E-state index in [4.69, 9.17) is 23.7 Å². The fourth-order valence-electron chi connectivity index (χ4n) is 12.4. The molecular weight excluding hydrogens is 755 g/mol. The van der Waals surface area contributed by atoms with Gasteiger partial charge in [0.05, 0.1) is 45.2 Å². The summed E-state index contributed by atoms with van der Waals surface area (Å²) in [6, 6.07) is 0. The Kier molecular flexibility index (Phi) is 26.1. The Morgan fingerprint density at radius 1 is 0.721 bits per heavy atom. The summed E-state index contributed by atoms with van der Waals surface area (Å²) < 4.78 is 30.2. The van der Waals surface area contributed by atoms with Gasteiger partial charge in [0.1, 0.15) is 6.79 Å². The van der Waals surface area contributed by atoms with Crippen LogP contribution in [0.25, 0.3) is 0 Å². The van der Waals surface area contributed by atoms with Gasteiger partial charge in [-0.05, 0) is 143 Å². The lowest BCUT2D eigenvalue weighted by atomic mass is 9.47. The van der Waals surface area contributed by atoms with Crippen molar-refractivity contribution in [2.24, 2.45) is 46.3 Å². The van der Waals surface area contributed by atoms with Crippen LogP contribution in [-0.4, -0.2) is 71.7 Å². The van der Waals surface area contributed by atoms with Gasteiger partial charge in [-0.1, -0.05) is 142 Å². The monoisotopic (exact) mass is 854 g/mol. The molecular formula is C55H99NO5. The number of rotatable bonds is 35. The average molecular weight is 854 g/mol. The van der Waals surface area contributed by atoms with Crippen molar-refractivity contribution in [3.8, 4) is 0 Å². The number of nitrogens with one attached hydrogen (secondary N) is 1.